The number of carbonyl (C=O) groups excluding carboxylic acids is 2. The molecule has 1 heterocycles. The SMILES string of the molecule is COC(=O)N1CC(OC)CC1C(C)=O. The number of amides is 1. The number of ketones is 1. The van der Waals surface area contributed by atoms with E-state index in [1.807, 2.05) is 0 Å². The third kappa shape index (κ3) is 2.04. The summed E-state index contributed by atoms with van der Waals surface area (Å²) in [7, 11) is 2.88. The first kappa shape index (κ1) is 11.0. The van der Waals surface area contributed by atoms with E-state index in [0.29, 0.717) is 13.0 Å². The predicted octanol–water partition coefficient (Wildman–Crippen LogP) is 0.431. The third-order valence-corrected chi connectivity index (χ3v) is 2.47. The van der Waals surface area contributed by atoms with Crippen LogP contribution in [0.25, 0.3) is 0 Å². The Morgan fingerprint density at radius 2 is 2.00 bits per heavy atom. The monoisotopic (exact) mass is 201 g/mol. The topological polar surface area (TPSA) is 55.8 Å². The highest BCUT2D eigenvalue weighted by Crippen LogP contribution is 2.21. The lowest BCUT2D eigenvalue weighted by molar-refractivity contribution is -0.120. The van der Waals surface area contributed by atoms with E-state index < -0.39 is 12.1 Å². The number of methoxy groups -OCH3 is 2. The molecule has 5 nitrogen and oxygen atoms in total. The lowest BCUT2D eigenvalue weighted by Crippen LogP contribution is -2.39. The Labute approximate surface area is 83.0 Å². The van der Waals surface area contributed by atoms with Crippen molar-refractivity contribution in [1.82, 2.24) is 4.90 Å². The van der Waals surface area contributed by atoms with Gasteiger partial charge in [0.15, 0.2) is 5.78 Å². The lowest BCUT2D eigenvalue weighted by Gasteiger charge is -2.20. The molecule has 0 N–H and O–H groups in total. The van der Waals surface area contributed by atoms with Crippen molar-refractivity contribution < 1.29 is 19.1 Å². The van der Waals surface area contributed by atoms with Crippen molar-refractivity contribution in [2.75, 3.05) is 20.8 Å². The van der Waals surface area contributed by atoms with Crippen molar-refractivity contribution in [3.8, 4) is 0 Å². The van der Waals surface area contributed by atoms with Crippen LogP contribution in [-0.4, -0.2) is 49.7 Å². The highest BCUT2D eigenvalue weighted by atomic mass is 16.5. The van der Waals surface area contributed by atoms with Gasteiger partial charge >= 0.3 is 6.09 Å². The summed E-state index contributed by atoms with van der Waals surface area (Å²) in [5.41, 5.74) is 0. The number of likely N-dealkylation sites (tertiary alicyclic amines) is 1. The van der Waals surface area contributed by atoms with Gasteiger partial charge in [0.05, 0.1) is 25.8 Å². The van der Waals surface area contributed by atoms with Gasteiger partial charge in [0.2, 0.25) is 0 Å². The highest BCUT2D eigenvalue weighted by Gasteiger charge is 2.38. The first-order valence-electron chi connectivity index (χ1n) is 4.48. The van der Waals surface area contributed by atoms with Crippen molar-refractivity contribution in [2.45, 2.75) is 25.5 Å². The lowest BCUT2D eigenvalue weighted by atomic mass is 10.1. The molecule has 1 aliphatic rings. The van der Waals surface area contributed by atoms with Crippen molar-refractivity contribution in [3.63, 3.8) is 0 Å². The zero-order valence-electron chi connectivity index (χ0n) is 8.65. The molecule has 14 heavy (non-hydrogen) atoms. The van der Waals surface area contributed by atoms with Crippen LogP contribution in [0.3, 0.4) is 0 Å². The summed E-state index contributed by atoms with van der Waals surface area (Å²) in [6, 6.07) is -0.396. The van der Waals surface area contributed by atoms with E-state index in [1.165, 1.54) is 18.9 Å². The first-order valence-corrected chi connectivity index (χ1v) is 4.48. The maximum absolute atomic E-state index is 11.3. The highest BCUT2D eigenvalue weighted by molar-refractivity contribution is 5.86. The van der Waals surface area contributed by atoms with E-state index in [1.54, 1.807) is 7.11 Å². The van der Waals surface area contributed by atoms with Gasteiger partial charge in [0, 0.05) is 13.5 Å². The van der Waals surface area contributed by atoms with Crippen LogP contribution in [0.4, 0.5) is 4.79 Å². The van der Waals surface area contributed by atoms with Gasteiger partial charge in [-0.3, -0.25) is 9.69 Å². The van der Waals surface area contributed by atoms with E-state index in [2.05, 4.69) is 4.74 Å². The van der Waals surface area contributed by atoms with Crippen LogP contribution in [-0.2, 0) is 14.3 Å². The van der Waals surface area contributed by atoms with E-state index in [-0.39, 0.29) is 11.9 Å². The number of carbonyl (C=O) groups is 2. The molecule has 5 heteroatoms. The van der Waals surface area contributed by atoms with E-state index in [9.17, 15) is 9.59 Å². The average Bonchev–Trinajstić information content (AvgIpc) is 2.60. The van der Waals surface area contributed by atoms with E-state index in [4.69, 9.17) is 4.74 Å². The van der Waals surface area contributed by atoms with Gasteiger partial charge in [-0.2, -0.15) is 0 Å². The minimum Gasteiger partial charge on any atom is -0.453 e. The van der Waals surface area contributed by atoms with Crippen molar-refractivity contribution in [1.29, 1.82) is 0 Å². The summed E-state index contributed by atoms with van der Waals surface area (Å²) in [5.74, 6) is -0.0325. The van der Waals surface area contributed by atoms with Gasteiger partial charge in [0.25, 0.3) is 0 Å². The molecule has 0 bridgehead atoms. The number of nitrogens with zero attached hydrogens (tertiary/aromatic N) is 1. The summed E-state index contributed by atoms with van der Waals surface area (Å²) in [4.78, 5) is 23.9. The van der Waals surface area contributed by atoms with Gasteiger partial charge in [-0.1, -0.05) is 0 Å². The normalized spacial score (nSPS) is 26.4. The fourth-order valence-electron chi connectivity index (χ4n) is 1.67. The fourth-order valence-corrected chi connectivity index (χ4v) is 1.67. The Hall–Kier alpha value is -1.10. The maximum Gasteiger partial charge on any atom is 0.410 e. The molecule has 1 saturated heterocycles. The molecule has 0 aromatic rings. The van der Waals surface area contributed by atoms with Gasteiger partial charge in [-0.15, -0.1) is 0 Å². The maximum atomic E-state index is 11.3. The van der Waals surface area contributed by atoms with Crippen LogP contribution in [0.15, 0.2) is 0 Å². The molecule has 0 aliphatic carbocycles. The number of rotatable bonds is 2. The molecule has 1 rings (SSSR count). The van der Waals surface area contributed by atoms with Crippen LogP contribution in [0.1, 0.15) is 13.3 Å². The second-order valence-corrected chi connectivity index (χ2v) is 3.34. The van der Waals surface area contributed by atoms with Gasteiger partial charge < -0.3 is 9.47 Å². The average molecular weight is 201 g/mol. The second-order valence-electron chi connectivity index (χ2n) is 3.34. The van der Waals surface area contributed by atoms with Gasteiger partial charge in [-0.25, -0.2) is 4.79 Å². The van der Waals surface area contributed by atoms with Gasteiger partial charge in [0.1, 0.15) is 0 Å². The Morgan fingerprint density at radius 3 is 2.43 bits per heavy atom. The zero-order valence-corrected chi connectivity index (χ0v) is 8.65. The Bertz CT molecular complexity index is 241. The van der Waals surface area contributed by atoms with Crippen LogP contribution in [0.5, 0.6) is 0 Å². The molecule has 0 saturated carbocycles. The summed E-state index contributed by atoms with van der Waals surface area (Å²) < 4.78 is 9.70. The Balaban J connectivity index is 2.71. The number of hydrogen-bond acceptors (Lipinski definition) is 4. The summed E-state index contributed by atoms with van der Waals surface area (Å²) in [6.07, 6.45) is 0.0220. The largest absolute Gasteiger partial charge is 0.453 e. The molecular weight excluding hydrogens is 186 g/mol. The molecule has 2 atom stereocenters. The minimum atomic E-state index is -0.468. The van der Waals surface area contributed by atoms with Crippen LogP contribution >= 0.6 is 0 Å². The van der Waals surface area contributed by atoms with Gasteiger partial charge in [-0.05, 0) is 6.92 Å². The first-order chi connectivity index (χ1) is 6.60. The molecule has 1 fully saturated rings. The van der Waals surface area contributed by atoms with Crippen LogP contribution in [0, 0.1) is 0 Å². The molecular formula is C9H15NO4. The van der Waals surface area contributed by atoms with Crippen molar-refractivity contribution in [3.05, 3.63) is 0 Å². The number of Topliss-reactive ketones (excluding diaryl/α,β-unsaturated/α-hetero) is 1. The van der Waals surface area contributed by atoms with Crippen molar-refractivity contribution >= 4 is 11.9 Å². The summed E-state index contributed by atoms with van der Waals surface area (Å²) in [6.45, 7) is 1.89. The predicted molar refractivity (Wildman–Crippen MR) is 49.0 cm³/mol. The molecule has 2 unspecified atom stereocenters. The zero-order chi connectivity index (χ0) is 10.7. The number of hydrogen-bond donors (Lipinski definition) is 0. The Morgan fingerprint density at radius 1 is 1.36 bits per heavy atom. The summed E-state index contributed by atoms with van der Waals surface area (Å²) >= 11 is 0. The molecule has 80 valence electrons. The standard InChI is InChI=1S/C9H15NO4/c1-6(11)8-4-7(13-2)5-10(8)9(12)14-3/h7-8H,4-5H2,1-3H3. The molecule has 0 aromatic carbocycles. The summed E-state index contributed by atoms with van der Waals surface area (Å²) in [5, 5.41) is 0. The quantitative estimate of drug-likeness (QED) is 0.650. The van der Waals surface area contributed by atoms with Crippen molar-refractivity contribution in [2.24, 2.45) is 0 Å². The van der Waals surface area contributed by atoms with E-state index in [0.717, 1.165) is 0 Å². The molecule has 0 radical (unpaired) electrons. The minimum absolute atomic E-state index is 0.0325. The smallest absolute Gasteiger partial charge is 0.410 e. The molecule has 1 aliphatic heterocycles. The van der Waals surface area contributed by atoms with Crippen LogP contribution in [0.2, 0.25) is 0 Å². The van der Waals surface area contributed by atoms with Crippen LogP contribution < -0.4 is 0 Å². The van der Waals surface area contributed by atoms with E-state index >= 15 is 0 Å². The fraction of sp³-hybridized carbons (Fsp3) is 0.778. The molecule has 0 aromatic heterocycles. The molecule has 1 amide bonds. The second kappa shape index (κ2) is 4.41. The number of ether oxygens (including phenoxy) is 2. The third-order valence-electron chi connectivity index (χ3n) is 2.47. The molecule has 0 spiro atoms. The Kier molecular flexibility index (Phi) is 3.46.